The number of carbonyl (C=O) groups is 1. The maximum Gasteiger partial charge on any atom is 0.490 e. The van der Waals surface area contributed by atoms with Crippen molar-refractivity contribution >= 4 is 40.9 Å². The number of rotatable bonds is 9. The lowest BCUT2D eigenvalue weighted by atomic mass is 10.1. The Balaban J connectivity index is 2.01. The van der Waals surface area contributed by atoms with Crippen LogP contribution in [0.2, 0.25) is 0 Å². The molecule has 21 heteroatoms. The van der Waals surface area contributed by atoms with E-state index in [-0.39, 0.29) is 10.8 Å². The number of phosphoric ester groups is 1. The SMILES string of the molecule is NC(=O)c1nsc([C@@H]2O[C@H](COP(=O)(O)OP(=O)(O)OP(=O)(O)O)[C@@H](O)[C@H]2O)n1. The van der Waals surface area contributed by atoms with E-state index in [1.54, 1.807) is 0 Å². The van der Waals surface area contributed by atoms with E-state index in [2.05, 4.69) is 22.5 Å². The van der Waals surface area contributed by atoms with Crippen LogP contribution in [0.15, 0.2) is 0 Å². The van der Waals surface area contributed by atoms with Gasteiger partial charge in [0.25, 0.3) is 5.91 Å². The Morgan fingerprint density at radius 2 is 1.72 bits per heavy atom. The molecular weight excluding hydrogens is 487 g/mol. The van der Waals surface area contributed by atoms with Gasteiger partial charge in [-0.05, 0) is 11.5 Å². The van der Waals surface area contributed by atoms with Crippen LogP contribution in [0, 0.1) is 0 Å². The molecule has 29 heavy (non-hydrogen) atoms. The molecule has 1 aliphatic heterocycles. The Hall–Kier alpha value is -0.680. The first-order valence-electron chi connectivity index (χ1n) is 7.03. The summed E-state index contributed by atoms with van der Waals surface area (Å²) < 4.78 is 53.7. The monoisotopic (exact) mass is 501 g/mol. The molecule has 6 atom stereocenters. The summed E-state index contributed by atoms with van der Waals surface area (Å²) in [5.41, 5.74) is 4.99. The lowest BCUT2D eigenvalue weighted by Crippen LogP contribution is -2.33. The van der Waals surface area contributed by atoms with E-state index in [4.69, 9.17) is 25.2 Å². The van der Waals surface area contributed by atoms with Crippen molar-refractivity contribution in [1.82, 2.24) is 9.36 Å². The second-order valence-corrected chi connectivity index (χ2v) is 10.5. The molecule has 166 valence electrons. The van der Waals surface area contributed by atoms with Gasteiger partial charge in [0.15, 0.2) is 0 Å². The Morgan fingerprint density at radius 1 is 1.10 bits per heavy atom. The van der Waals surface area contributed by atoms with Gasteiger partial charge in [-0.2, -0.15) is 13.0 Å². The Bertz CT molecular complexity index is 902. The van der Waals surface area contributed by atoms with Crippen molar-refractivity contribution in [3.63, 3.8) is 0 Å². The van der Waals surface area contributed by atoms with Gasteiger partial charge in [-0.3, -0.25) is 9.32 Å². The number of nitrogens with zero attached hydrogens (tertiary/aromatic N) is 2. The number of aliphatic hydroxyl groups excluding tert-OH is 2. The molecule has 0 saturated carbocycles. The maximum atomic E-state index is 11.7. The Labute approximate surface area is 164 Å². The number of nitrogens with two attached hydrogens (primary N) is 1. The summed E-state index contributed by atoms with van der Waals surface area (Å²) in [5, 5.41) is 19.9. The molecule has 1 amide bonds. The van der Waals surface area contributed by atoms with Crippen molar-refractivity contribution in [1.29, 1.82) is 0 Å². The molecule has 2 heterocycles. The van der Waals surface area contributed by atoms with Crippen molar-refractivity contribution in [3.8, 4) is 0 Å². The molecule has 1 aromatic rings. The molecule has 8 N–H and O–H groups in total. The van der Waals surface area contributed by atoms with E-state index in [1.165, 1.54) is 0 Å². The highest BCUT2D eigenvalue weighted by molar-refractivity contribution is 7.66. The summed E-state index contributed by atoms with van der Waals surface area (Å²) in [4.78, 5) is 50.0. The summed E-state index contributed by atoms with van der Waals surface area (Å²) in [6, 6.07) is 0. The van der Waals surface area contributed by atoms with Gasteiger partial charge in [0.2, 0.25) is 5.82 Å². The minimum Gasteiger partial charge on any atom is -0.387 e. The highest BCUT2D eigenvalue weighted by atomic mass is 32.1. The number of hydrogen-bond acceptors (Lipinski definition) is 13. The van der Waals surface area contributed by atoms with Gasteiger partial charge in [0, 0.05) is 0 Å². The molecule has 2 rings (SSSR count). The van der Waals surface area contributed by atoms with Crippen LogP contribution in [0.1, 0.15) is 21.7 Å². The van der Waals surface area contributed by atoms with E-state index >= 15 is 0 Å². The molecule has 1 fully saturated rings. The van der Waals surface area contributed by atoms with E-state index in [0.29, 0.717) is 11.5 Å². The van der Waals surface area contributed by atoms with Crippen molar-refractivity contribution in [3.05, 3.63) is 10.8 Å². The zero-order chi connectivity index (χ0) is 22.2. The number of aromatic nitrogens is 2. The van der Waals surface area contributed by atoms with Gasteiger partial charge in [-0.15, -0.1) is 0 Å². The third-order valence-electron chi connectivity index (χ3n) is 3.09. The zero-order valence-electron chi connectivity index (χ0n) is 13.7. The van der Waals surface area contributed by atoms with Gasteiger partial charge in [-0.25, -0.2) is 18.7 Å². The van der Waals surface area contributed by atoms with Gasteiger partial charge in [0.1, 0.15) is 29.4 Å². The largest absolute Gasteiger partial charge is 0.490 e. The van der Waals surface area contributed by atoms with E-state index < -0.39 is 60.4 Å². The van der Waals surface area contributed by atoms with Gasteiger partial charge in [-0.1, -0.05) is 0 Å². The first-order chi connectivity index (χ1) is 13.1. The molecule has 0 aliphatic carbocycles. The summed E-state index contributed by atoms with van der Waals surface area (Å²) in [6.07, 6.45) is -6.13. The van der Waals surface area contributed by atoms with Crippen molar-refractivity contribution < 1.29 is 66.2 Å². The molecular formula is C8H14N3O14P3S. The molecule has 1 aliphatic rings. The predicted molar refractivity (Wildman–Crippen MR) is 87.9 cm³/mol. The normalized spacial score (nSPS) is 29.3. The number of aliphatic hydroxyl groups is 2. The molecule has 0 spiro atoms. The number of hydrogen-bond donors (Lipinski definition) is 7. The second-order valence-electron chi connectivity index (χ2n) is 5.28. The third kappa shape index (κ3) is 6.92. The third-order valence-corrected chi connectivity index (χ3v) is 7.66. The van der Waals surface area contributed by atoms with E-state index in [1.807, 2.05) is 0 Å². The minimum atomic E-state index is -5.71. The fourth-order valence-electron chi connectivity index (χ4n) is 2.01. The van der Waals surface area contributed by atoms with Crippen LogP contribution < -0.4 is 5.73 Å². The lowest BCUT2D eigenvalue weighted by molar-refractivity contribution is -0.0223. The summed E-state index contributed by atoms with van der Waals surface area (Å²) in [5.74, 6) is -1.32. The second kappa shape index (κ2) is 8.82. The predicted octanol–water partition coefficient (Wildman–Crippen LogP) is -1.86. The van der Waals surface area contributed by atoms with Crippen LogP contribution in [0.25, 0.3) is 0 Å². The fraction of sp³-hybridized carbons (Fsp3) is 0.625. The van der Waals surface area contributed by atoms with Gasteiger partial charge < -0.3 is 40.3 Å². The highest BCUT2D eigenvalue weighted by Crippen LogP contribution is 2.66. The van der Waals surface area contributed by atoms with Gasteiger partial charge >= 0.3 is 23.5 Å². The van der Waals surface area contributed by atoms with Crippen LogP contribution in [0.4, 0.5) is 0 Å². The van der Waals surface area contributed by atoms with Crippen LogP contribution in [0.3, 0.4) is 0 Å². The highest BCUT2D eigenvalue weighted by Gasteiger charge is 2.47. The number of amides is 1. The number of carbonyl (C=O) groups excluding carboxylic acids is 1. The average Bonchev–Trinajstić information content (AvgIpc) is 3.09. The minimum absolute atomic E-state index is 0.0498. The van der Waals surface area contributed by atoms with Crippen LogP contribution >= 0.6 is 35.0 Å². The zero-order valence-corrected chi connectivity index (χ0v) is 17.2. The summed E-state index contributed by atoms with van der Waals surface area (Å²) in [6.45, 7) is -0.986. The first kappa shape index (κ1) is 24.6. The molecule has 0 bridgehead atoms. The van der Waals surface area contributed by atoms with Crippen LogP contribution in [0.5, 0.6) is 0 Å². The van der Waals surface area contributed by atoms with Crippen molar-refractivity contribution in [2.24, 2.45) is 5.73 Å². The summed E-state index contributed by atoms with van der Waals surface area (Å²) >= 11 is 0.632. The van der Waals surface area contributed by atoms with E-state index in [0.717, 1.165) is 0 Å². The Morgan fingerprint density at radius 3 is 2.24 bits per heavy atom. The average molecular weight is 501 g/mol. The quantitative estimate of drug-likeness (QED) is 0.183. The molecule has 2 unspecified atom stereocenters. The van der Waals surface area contributed by atoms with Crippen molar-refractivity contribution in [2.45, 2.75) is 24.4 Å². The van der Waals surface area contributed by atoms with Crippen LogP contribution in [-0.4, -0.2) is 70.0 Å². The standard InChI is InChI=1S/C8H14N3O14P3S/c9-6(14)7-10-8(29-11-7)5-4(13)3(12)2(23-5)1-22-27(18,19)25-28(20,21)24-26(15,16)17/h2-5,12-13H,1H2,(H2,9,14)(H,18,19)(H,20,21)(H2,15,16,17)/t2-,3-,4-,5-/m1/s1. The molecule has 0 aromatic carbocycles. The van der Waals surface area contributed by atoms with Crippen LogP contribution in [-0.2, 0) is 31.6 Å². The lowest BCUT2D eigenvalue weighted by Gasteiger charge is -2.19. The molecule has 1 aromatic heterocycles. The first-order valence-corrected chi connectivity index (χ1v) is 12.3. The van der Waals surface area contributed by atoms with Crippen molar-refractivity contribution in [2.75, 3.05) is 6.61 Å². The molecule has 17 nitrogen and oxygen atoms in total. The molecule has 0 radical (unpaired) electrons. The number of ether oxygens (including phenoxy) is 1. The van der Waals surface area contributed by atoms with Gasteiger partial charge in [0.05, 0.1) is 6.61 Å². The van der Waals surface area contributed by atoms with E-state index in [9.17, 15) is 33.6 Å². The molecule has 1 saturated heterocycles. The number of primary amides is 1. The maximum absolute atomic E-state index is 11.7. The topological polar surface area (TPSA) is 278 Å². The number of phosphoric acid groups is 3. The smallest absolute Gasteiger partial charge is 0.387 e. The Kier molecular flexibility index (Phi) is 7.48. The fourth-order valence-corrected chi connectivity index (χ4v) is 5.78. The summed E-state index contributed by atoms with van der Waals surface area (Å²) in [7, 11) is -16.7.